The van der Waals surface area contributed by atoms with E-state index in [9.17, 15) is 17.7 Å². The minimum absolute atomic E-state index is 0.146. The SMILES string of the molecule is CC[S+]([O-])C1(c2nc3cc(C(F)(F)F)ncc3n2C)C=C(Br)C=CN1. The van der Waals surface area contributed by atoms with Gasteiger partial charge in [0.2, 0.25) is 0 Å². The Morgan fingerprint density at radius 1 is 1.44 bits per heavy atom. The number of rotatable bonds is 3. The first-order valence-corrected chi connectivity index (χ1v) is 9.41. The van der Waals surface area contributed by atoms with Gasteiger partial charge in [-0.3, -0.25) is 0 Å². The topological polar surface area (TPSA) is 65.8 Å². The molecule has 0 saturated heterocycles. The zero-order chi connectivity index (χ0) is 18.4. The van der Waals surface area contributed by atoms with Crippen LogP contribution in [0.1, 0.15) is 18.4 Å². The van der Waals surface area contributed by atoms with Gasteiger partial charge >= 0.3 is 6.18 Å². The van der Waals surface area contributed by atoms with Gasteiger partial charge in [-0.1, -0.05) is 15.9 Å². The number of nitrogens with one attached hydrogen (secondary N) is 1. The first-order chi connectivity index (χ1) is 11.7. The van der Waals surface area contributed by atoms with Gasteiger partial charge in [-0.15, -0.1) is 0 Å². The van der Waals surface area contributed by atoms with Crippen molar-refractivity contribution in [1.29, 1.82) is 0 Å². The molecule has 3 heterocycles. The maximum atomic E-state index is 12.9. The number of alkyl halides is 3. The lowest BCUT2D eigenvalue weighted by Gasteiger charge is -2.33. The Hall–Kier alpha value is -1.52. The molecule has 25 heavy (non-hydrogen) atoms. The van der Waals surface area contributed by atoms with Gasteiger partial charge in [-0.2, -0.15) is 13.2 Å². The summed E-state index contributed by atoms with van der Waals surface area (Å²) in [7, 11) is 1.66. The van der Waals surface area contributed by atoms with Crippen molar-refractivity contribution in [3.63, 3.8) is 0 Å². The summed E-state index contributed by atoms with van der Waals surface area (Å²) < 4.78 is 53.8. The predicted octanol–water partition coefficient (Wildman–Crippen LogP) is 3.30. The molecule has 134 valence electrons. The quantitative estimate of drug-likeness (QED) is 0.752. The number of nitrogens with zero attached hydrogens (tertiary/aromatic N) is 3. The first-order valence-electron chi connectivity index (χ1n) is 7.30. The molecule has 0 radical (unpaired) electrons. The number of aryl methyl sites for hydroxylation is 1. The summed E-state index contributed by atoms with van der Waals surface area (Å²) in [6.07, 6.45) is 1.68. The average molecular weight is 435 g/mol. The number of fused-ring (bicyclic) bond motifs is 1. The molecule has 5 nitrogen and oxygen atoms in total. The van der Waals surface area contributed by atoms with E-state index >= 15 is 0 Å². The van der Waals surface area contributed by atoms with Crippen molar-refractivity contribution in [2.45, 2.75) is 18.0 Å². The first kappa shape index (κ1) is 18.3. The molecule has 2 aromatic heterocycles. The Morgan fingerprint density at radius 2 is 2.16 bits per heavy atom. The zero-order valence-corrected chi connectivity index (χ0v) is 15.7. The van der Waals surface area contributed by atoms with Crippen LogP contribution in [0, 0.1) is 0 Å². The van der Waals surface area contributed by atoms with Crippen molar-refractivity contribution in [2.24, 2.45) is 7.05 Å². The van der Waals surface area contributed by atoms with Crippen LogP contribution < -0.4 is 5.32 Å². The number of imidazole rings is 1. The van der Waals surface area contributed by atoms with Crippen molar-refractivity contribution in [3.8, 4) is 0 Å². The molecule has 0 amide bonds. The molecule has 0 spiro atoms. The van der Waals surface area contributed by atoms with Gasteiger partial charge in [0.05, 0.1) is 17.2 Å². The third-order valence-electron chi connectivity index (χ3n) is 3.89. The van der Waals surface area contributed by atoms with Crippen molar-refractivity contribution in [3.05, 3.63) is 46.6 Å². The highest BCUT2D eigenvalue weighted by atomic mass is 79.9. The molecule has 0 saturated carbocycles. The highest BCUT2D eigenvalue weighted by molar-refractivity contribution is 9.11. The second-order valence-electron chi connectivity index (χ2n) is 5.43. The molecule has 0 bridgehead atoms. The van der Waals surface area contributed by atoms with Crippen LogP contribution in [0.2, 0.25) is 0 Å². The molecule has 1 aliphatic heterocycles. The molecule has 0 fully saturated rings. The highest BCUT2D eigenvalue weighted by Gasteiger charge is 2.46. The molecule has 0 aromatic carbocycles. The van der Waals surface area contributed by atoms with Gasteiger partial charge in [-0.05, 0) is 30.2 Å². The lowest BCUT2D eigenvalue weighted by atomic mass is 10.2. The van der Waals surface area contributed by atoms with Crippen LogP contribution in [0.3, 0.4) is 0 Å². The maximum absolute atomic E-state index is 12.9. The molecule has 2 atom stereocenters. The smallest absolute Gasteiger partial charge is 0.433 e. The summed E-state index contributed by atoms with van der Waals surface area (Å²) >= 11 is 1.97. The van der Waals surface area contributed by atoms with Crippen molar-refractivity contribution in [2.75, 3.05) is 5.75 Å². The Morgan fingerprint density at radius 3 is 2.76 bits per heavy atom. The fourth-order valence-electron chi connectivity index (χ4n) is 2.69. The van der Waals surface area contributed by atoms with Crippen LogP contribution in [0.15, 0.2) is 35.1 Å². The molecule has 10 heteroatoms. The van der Waals surface area contributed by atoms with Gasteiger partial charge in [0.15, 0.2) is 5.82 Å². The number of allylic oxidation sites excluding steroid dienone is 2. The summed E-state index contributed by atoms with van der Waals surface area (Å²) in [6, 6.07) is 0.902. The van der Waals surface area contributed by atoms with Crippen LogP contribution in [0.4, 0.5) is 13.2 Å². The van der Waals surface area contributed by atoms with Gasteiger partial charge in [-0.25, -0.2) is 9.97 Å². The van der Waals surface area contributed by atoms with Crippen molar-refractivity contribution in [1.82, 2.24) is 19.9 Å². The summed E-state index contributed by atoms with van der Waals surface area (Å²) in [6.45, 7) is 1.77. The Kier molecular flexibility index (Phi) is 4.63. The molecule has 1 N–H and O–H groups in total. The lowest BCUT2D eigenvalue weighted by Crippen LogP contribution is -2.48. The van der Waals surface area contributed by atoms with Crippen LogP contribution in [0.5, 0.6) is 0 Å². The minimum atomic E-state index is -4.55. The largest absolute Gasteiger partial charge is 0.614 e. The Balaban J connectivity index is 2.22. The van der Waals surface area contributed by atoms with Crippen LogP contribution in [-0.4, -0.2) is 24.8 Å². The summed E-state index contributed by atoms with van der Waals surface area (Å²) in [4.78, 5) is 6.69. The van der Waals surface area contributed by atoms with E-state index in [-0.39, 0.29) is 5.52 Å². The van der Waals surface area contributed by atoms with Crippen LogP contribution >= 0.6 is 15.9 Å². The lowest BCUT2D eigenvalue weighted by molar-refractivity contribution is -0.141. The number of dihydropyridines is 1. The molecule has 1 aliphatic rings. The van der Waals surface area contributed by atoms with E-state index < -0.39 is 27.9 Å². The normalized spacial score (nSPS) is 22.0. The van der Waals surface area contributed by atoms with Gasteiger partial charge < -0.3 is 14.4 Å². The Labute approximate surface area is 153 Å². The summed E-state index contributed by atoms with van der Waals surface area (Å²) in [5.74, 6) is 0.692. The number of hydrogen-bond donors (Lipinski definition) is 1. The molecule has 2 aromatic rings. The third kappa shape index (κ3) is 3.06. The number of hydrogen-bond acceptors (Lipinski definition) is 4. The average Bonchev–Trinajstić information content (AvgIpc) is 2.90. The maximum Gasteiger partial charge on any atom is 0.433 e. The molecule has 0 aliphatic carbocycles. The van der Waals surface area contributed by atoms with Crippen LogP contribution in [-0.2, 0) is 29.3 Å². The number of pyridine rings is 1. The summed E-state index contributed by atoms with van der Waals surface area (Å²) in [5, 5.41) is 3.06. The number of halogens is 4. The Bertz CT molecular complexity index is 880. The monoisotopic (exact) mass is 434 g/mol. The predicted molar refractivity (Wildman–Crippen MR) is 93.2 cm³/mol. The van der Waals surface area contributed by atoms with E-state index in [0.717, 1.165) is 12.3 Å². The molecule has 3 rings (SSSR count). The van der Waals surface area contributed by atoms with E-state index in [1.165, 1.54) is 0 Å². The van der Waals surface area contributed by atoms with E-state index in [1.807, 2.05) is 0 Å². The van der Waals surface area contributed by atoms with E-state index in [1.54, 1.807) is 36.9 Å². The van der Waals surface area contributed by atoms with Gasteiger partial charge in [0.1, 0.15) is 11.4 Å². The van der Waals surface area contributed by atoms with Gasteiger partial charge in [0, 0.05) is 23.8 Å². The zero-order valence-electron chi connectivity index (χ0n) is 13.3. The second kappa shape index (κ2) is 6.33. The van der Waals surface area contributed by atoms with Crippen molar-refractivity contribution >= 4 is 38.1 Å². The van der Waals surface area contributed by atoms with E-state index in [4.69, 9.17) is 0 Å². The van der Waals surface area contributed by atoms with Crippen LogP contribution in [0.25, 0.3) is 11.0 Å². The fourth-order valence-corrected chi connectivity index (χ4v) is 4.62. The third-order valence-corrected chi connectivity index (χ3v) is 6.05. The molecular formula is C15H14BrF3N4OS. The van der Waals surface area contributed by atoms with E-state index in [0.29, 0.717) is 21.6 Å². The van der Waals surface area contributed by atoms with Crippen molar-refractivity contribution < 1.29 is 17.7 Å². The summed E-state index contributed by atoms with van der Waals surface area (Å²) in [5.41, 5.74) is -0.437. The second-order valence-corrected chi connectivity index (χ2v) is 8.26. The van der Waals surface area contributed by atoms with Gasteiger partial charge in [0.25, 0.3) is 4.87 Å². The number of aromatic nitrogens is 3. The fraction of sp³-hybridized carbons (Fsp3) is 0.333. The molecular weight excluding hydrogens is 421 g/mol. The minimum Gasteiger partial charge on any atom is -0.614 e. The van der Waals surface area contributed by atoms with E-state index in [2.05, 4.69) is 31.2 Å². The molecule has 2 unspecified atom stereocenters. The highest BCUT2D eigenvalue weighted by Crippen LogP contribution is 2.36. The standard InChI is InChI=1S/C15H14BrF3N4OS/c1-3-25(24)14(7-9(16)4-5-21-14)13-22-10-6-12(15(17,18)19)20-8-11(10)23(13)2/h4-8,21H,3H2,1-2H3.